The third-order valence-electron chi connectivity index (χ3n) is 10.6. The minimum absolute atomic E-state index is 0.00497. The van der Waals surface area contributed by atoms with Crippen LogP contribution in [0.25, 0.3) is 0 Å². The lowest BCUT2D eigenvalue weighted by Crippen LogP contribution is -2.66. The van der Waals surface area contributed by atoms with Gasteiger partial charge in [0.2, 0.25) is 5.91 Å². The van der Waals surface area contributed by atoms with Gasteiger partial charge in [-0.2, -0.15) is 0 Å². The van der Waals surface area contributed by atoms with Crippen LogP contribution < -0.4 is 5.32 Å². The molecule has 4 nitrogen and oxygen atoms in total. The second-order valence-corrected chi connectivity index (χ2v) is 13.1. The normalized spacial score (nSPS) is 53.5. The van der Waals surface area contributed by atoms with E-state index >= 15 is 0 Å². The van der Waals surface area contributed by atoms with Crippen LogP contribution >= 0.6 is 0 Å². The van der Waals surface area contributed by atoms with Crippen LogP contribution in [0, 0.1) is 40.4 Å². The lowest BCUT2D eigenvalue weighted by Gasteiger charge is -2.66. The van der Waals surface area contributed by atoms with E-state index in [2.05, 4.69) is 25.7 Å². The second-order valence-electron chi connectivity index (χ2n) is 13.1. The van der Waals surface area contributed by atoms with Gasteiger partial charge in [0.15, 0.2) is 0 Å². The van der Waals surface area contributed by atoms with Gasteiger partial charge in [0, 0.05) is 17.4 Å². The van der Waals surface area contributed by atoms with Gasteiger partial charge in [0.25, 0.3) is 0 Å². The highest BCUT2D eigenvalue weighted by Gasteiger charge is 2.89. The Hall–Kier alpha value is -1.32. The third kappa shape index (κ3) is 2.72. The summed E-state index contributed by atoms with van der Waals surface area (Å²) in [5.41, 5.74) is -0.0455. The summed E-state index contributed by atoms with van der Waals surface area (Å²) >= 11 is 0. The molecule has 0 aromatic rings. The molecule has 0 spiro atoms. The molecule has 7 aliphatic rings. The van der Waals surface area contributed by atoms with Crippen molar-refractivity contribution in [2.24, 2.45) is 40.4 Å². The van der Waals surface area contributed by atoms with Crippen LogP contribution in [0.5, 0.6) is 0 Å². The number of rotatable bonds is 5. The molecule has 4 bridgehead atoms. The molecule has 0 radical (unpaired) electrons. The van der Waals surface area contributed by atoms with E-state index in [0.29, 0.717) is 28.7 Å². The molecule has 7 fully saturated rings. The summed E-state index contributed by atoms with van der Waals surface area (Å²) in [5, 5.41) is 3.09. The predicted octanol–water partition coefficient (Wildman–Crippen LogP) is 5.17. The lowest BCUT2D eigenvalue weighted by molar-refractivity contribution is -0.249. The Bertz CT molecular complexity index is 828. The van der Waals surface area contributed by atoms with Gasteiger partial charge in [-0.3, -0.25) is 9.59 Å². The summed E-state index contributed by atoms with van der Waals surface area (Å²) in [4.78, 5) is 25.9. The van der Waals surface area contributed by atoms with Gasteiger partial charge in [-0.15, -0.1) is 0 Å². The van der Waals surface area contributed by atoms with Gasteiger partial charge in [0.05, 0.1) is 11.0 Å². The Balaban J connectivity index is 1.28. The molecule has 4 unspecified atom stereocenters. The van der Waals surface area contributed by atoms with Crippen molar-refractivity contribution in [1.82, 2.24) is 5.32 Å². The van der Waals surface area contributed by atoms with Crippen molar-refractivity contribution in [3.8, 4) is 0 Å². The van der Waals surface area contributed by atoms with Gasteiger partial charge in [-0.25, -0.2) is 0 Å². The molecule has 0 aromatic heterocycles. The number of ether oxygens (including phenoxy) is 1. The largest absolute Gasteiger partial charge is 0.458 e. The zero-order valence-corrected chi connectivity index (χ0v) is 19.6. The standard InChI is InChI=1S/C27H39NO3/c1-16(2)22(29)28-26-14-25(26,15-26)23(30)31-27(19-7-5-6-17(3)8-19)20-9-18-10-21(27)13-24(4,11-18)12-20/h17-21H,1,5-15H2,2-4H3,(H,28,29). The fourth-order valence-corrected chi connectivity index (χ4v) is 9.17. The molecule has 0 aliphatic heterocycles. The van der Waals surface area contributed by atoms with Crippen molar-refractivity contribution in [2.75, 3.05) is 0 Å². The molecule has 1 amide bonds. The molecule has 0 heterocycles. The topological polar surface area (TPSA) is 55.4 Å². The molecular weight excluding hydrogens is 386 g/mol. The SMILES string of the molecule is C=C(C)C(=O)NC12CC1(C(=O)OC1(C3CCCC(C)C3)C3CC4CC1CC(C)(C4)C3)C2. The first kappa shape index (κ1) is 20.3. The van der Waals surface area contributed by atoms with Gasteiger partial charge in [0.1, 0.15) is 5.60 Å². The Morgan fingerprint density at radius 2 is 1.68 bits per heavy atom. The first-order valence-electron chi connectivity index (χ1n) is 12.8. The summed E-state index contributed by atoms with van der Waals surface area (Å²) in [5.74, 6) is 3.05. The summed E-state index contributed by atoms with van der Waals surface area (Å²) in [6, 6.07) is 0. The molecule has 0 saturated heterocycles. The zero-order chi connectivity index (χ0) is 21.8. The Morgan fingerprint density at radius 1 is 1.00 bits per heavy atom. The summed E-state index contributed by atoms with van der Waals surface area (Å²) < 4.78 is 6.87. The van der Waals surface area contributed by atoms with Crippen molar-refractivity contribution >= 4 is 11.9 Å². The van der Waals surface area contributed by atoms with Gasteiger partial charge >= 0.3 is 5.97 Å². The molecule has 4 atom stereocenters. The van der Waals surface area contributed by atoms with E-state index in [-0.39, 0.29) is 23.0 Å². The van der Waals surface area contributed by atoms with E-state index in [1.807, 2.05) is 0 Å². The fourth-order valence-electron chi connectivity index (χ4n) is 9.17. The highest BCUT2D eigenvalue weighted by atomic mass is 16.6. The van der Waals surface area contributed by atoms with Crippen molar-refractivity contribution in [2.45, 2.75) is 103 Å². The first-order valence-corrected chi connectivity index (χ1v) is 12.8. The number of carbonyl (C=O) groups is 2. The smallest absolute Gasteiger partial charge is 0.315 e. The predicted molar refractivity (Wildman–Crippen MR) is 119 cm³/mol. The van der Waals surface area contributed by atoms with Crippen molar-refractivity contribution < 1.29 is 14.3 Å². The number of carbonyl (C=O) groups excluding carboxylic acids is 2. The molecular formula is C27H39NO3. The van der Waals surface area contributed by atoms with E-state index in [0.717, 1.165) is 24.7 Å². The summed E-state index contributed by atoms with van der Waals surface area (Å²) in [6.45, 7) is 10.4. The van der Waals surface area contributed by atoms with Gasteiger partial charge in [-0.1, -0.05) is 33.3 Å². The number of nitrogens with one attached hydrogen (secondary N) is 1. The molecule has 7 saturated carbocycles. The summed E-state index contributed by atoms with van der Waals surface area (Å²) in [7, 11) is 0. The third-order valence-corrected chi connectivity index (χ3v) is 10.6. The average Bonchev–Trinajstić information content (AvgIpc) is 3.50. The molecule has 170 valence electrons. The maximum absolute atomic E-state index is 13.7. The van der Waals surface area contributed by atoms with Crippen LogP contribution in [0.1, 0.15) is 91.4 Å². The van der Waals surface area contributed by atoms with Crippen LogP contribution in [0.4, 0.5) is 0 Å². The van der Waals surface area contributed by atoms with Crippen LogP contribution in [-0.4, -0.2) is 23.0 Å². The van der Waals surface area contributed by atoms with Crippen molar-refractivity contribution in [1.29, 1.82) is 0 Å². The van der Waals surface area contributed by atoms with E-state index in [9.17, 15) is 9.59 Å². The molecule has 7 rings (SSSR count). The minimum Gasteiger partial charge on any atom is -0.458 e. The van der Waals surface area contributed by atoms with Crippen LogP contribution in [0.15, 0.2) is 12.2 Å². The minimum atomic E-state index is -0.441. The summed E-state index contributed by atoms with van der Waals surface area (Å²) in [6.07, 6.45) is 12.9. The lowest BCUT2D eigenvalue weighted by atomic mass is 9.42. The monoisotopic (exact) mass is 425 g/mol. The van der Waals surface area contributed by atoms with E-state index in [4.69, 9.17) is 4.74 Å². The van der Waals surface area contributed by atoms with Crippen LogP contribution in [0.2, 0.25) is 0 Å². The molecule has 0 aromatic carbocycles. The number of hydrogen-bond donors (Lipinski definition) is 1. The van der Waals surface area contributed by atoms with E-state index in [1.54, 1.807) is 6.92 Å². The van der Waals surface area contributed by atoms with Crippen LogP contribution in [-0.2, 0) is 14.3 Å². The van der Waals surface area contributed by atoms with E-state index in [1.165, 1.54) is 57.8 Å². The quantitative estimate of drug-likeness (QED) is 0.489. The maximum Gasteiger partial charge on any atom is 0.315 e. The van der Waals surface area contributed by atoms with E-state index < -0.39 is 5.41 Å². The van der Waals surface area contributed by atoms with Crippen LogP contribution in [0.3, 0.4) is 0 Å². The molecule has 31 heavy (non-hydrogen) atoms. The maximum atomic E-state index is 13.7. The number of esters is 1. The number of fused-ring (bicyclic) bond motifs is 1. The average molecular weight is 426 g/mol. The van der Waals surface area contributed by atoms with Crippen molar-refractivity contribution in [3.05, 3.63) is 12.2 Å². The number of amides is 1. The fraction of sp³-hybridized carbons (Fsp3) is 0.852. The molecule has 4 heteroatoms. The van der Waals surface area contributed by atoms with Gasteiger partial charge < -0.3 is 10.1 Å². The number of hydrogen-bond acceptors (Lipinski definition) is 3. The second kappa shape index (κ2) is 6.17. The van der Waals surface area contributed by atoms with Gasteiger partial charge in [-0.05, 0) is 87.9 Å². The molecule has 7 aliphatic carbocycles. The van der Waals surface area contributed by atoms with Crippen molar-refractivity contribution in [3.63, 3.8) is 0 Å². The highest BCUT2D eigenvalue weighted by molar-refractivity contribution is 5.98. The Morgan fingerprint density at radius 3 is 2.26 bits per heavy atom. The highest BCUT2D eigenvalue weighted by Crippen LogP contribution is 2.80. The Labute approximate surface area is 186 Å². The Kier molecular flexibility index (Phi) is 4.04. The zero-order valence-electron chi connectivity index (χ0n) is 19.6. The molecule has 1 N–H and O–H groups in total. The first-order chi connectivity index (χ1) is 14.6.